The lowest BCUT2D eigenvalue weighted by Crippen LogP contribution is -2.42. The van der Waals surface area contributed by atoms with E-state index in [9.17, 15) is 0 Å². The summed E-state index contributed by atoms with van der Waals surface area (Å²) in [5.41, 5.74) is 1.29. The van der Waals surface area contributed by atoms with E-state index in [2.05, 4.69) is 45.7 Å². The number of hydrogen-bond donors (Lipinski definition) is 0. The van der Waals surface area contributed by atoms with Crippen molar-refractivity contribution in [3.05, 3.63) is 0 Å². The van der Waals surface area contributed by atoms with E-state index in [0.29, 0.717) is 15.6 Å². The second kappa shape index (κ2) is 3.46. The molecular weight excluding hydrogens is 224 g/mol. The van der Waals surface area contributed by atoms with E-state index in [0.717, 1.165) is 17.8 Å². The van der Waals surface area contributed by atoms with Gasteiger partial charge >= 0.3 is 0 Å². The number of fused-ring (bicyclic) bond motifs is 1. The standard InChI is InChI=1S/C16H28S/c1-11-6-9-16-10-12(11)14(2,3)13(16)7-8-15(16,4)17-5/h11-13H,6-10H2,1-5H3/t11-,12-,13+,15-,16+/m1/s1. The Kier molecular flexibility index (Phi) is 2.52. The van der Waals surface area contributed by atoms with Crippen molar-refractivity contribution < 1.29 is 0 Å². The molecule has 0 N–H and O–H groups in total. The molecule has 1 heteroatoms. The van der Waals surface area contributed by atoms with Crippen LogP contribution in [0.3, 0.4) is 0 Å². The van der Waals surface area contributed by atoms with Crippen molar-refractivity contribution in [1.82, 2.24) is 0 Å². The summed E-state index contributed by atoms with van der Waals surface area (Å²) in [6, 6.07) is 0. The van der Waals surface area contributed by atoms with Gasteiger partial charge in [-0.2, -0.15) is 11.8 Å². The average Bonchev–Trinajstić information content (AvgIpc) is 2.67. The van der Waals surface area contributed by atoms with Gasteiger partial charge in [0.15, 0.2) is 0 Å². The molecule has 0 aromatic rings. The van der Waals surface area contributed by atoms with Crippen molar-refractivity contribution in [2.45, 2.75) is 64.5 Å². The molecular formula is C16H28S. The van der Waals surface area contributed by atoms with Gasteiger partial charge < -0.3 is 0 Å². The summed E-state index contributed by atoms with van der Waals surface area (Å²) < 4.78 is 0.573. The van der Waals surface area contributed by atoms with Crippen LogP contribution in [0.15, 0.2) is 0 Å². The molecule has 98 valence electrons. The first kappa shape index (κ1) is 12.4. The maximum atomic E-state index is 2.58. The number of rotatable bonds is 1. The van der Waals surface area contributed by atoms with Crippen molar-refractivity contribution in [2.75, 3.05) is 6.26 Å². The summed E-state index contributed by atoms with van der Waals surface area (Å²) in [5, 5.41) is 0. The lowest BCUT2D eigenvalue weighted by Gasteiger charge is -2.47. The third-order valence-corrected chi connectivity index (χ3v) is 8.76. The van der Waals surface area contributed by atoms with Gasteiger partial charge in [-0.1, -0.05) is 20.8 Å². The Bertz CT molecular complexity index is 334. The molecule has 0 nitrogen and oxygen atoms in total. The van der Waals surface area contributed by atoms with Crippen LogP contribution in [0.4, 0.5) is 0 Å². The minimum atomic E-state index is 0.573. The Morgan fingerprint density at radius 3 is 2.41 bits per heavy atom. The molecule has 2 bridgehead atoms. The van der Waals surface area contributed by atoms with Crippen LogP contribution in [0.25, 0.3) is 0 Å². The van der Waals surface area contributed by atoms with E-state index in [-0.39, 0.29) is 0 Å². The van der Waals surface area contributed by atoms with Crippen molar-refractivity contribution >= 4 is 11.8 Å². The lowest BCUT2D eigenvalue weighted by molar-refractivity contribution is 0.122. The predicted octanol–water partition coefficient (Wildman–Crippen LogP) is 4.98. The van der Waals surface area contributed by atoms with Gasteiger partial charge in [0.2, 0.25) is 0 Å². The van der Waals surface area contributed by atoms with Gasteiger partial charge in [0.05, 0.1) is 0 Å². The molecule has 3 saturated carbocycles. The van der Waals surface area contributed by atoms with Crippen LogP contribution in [0.2, 0.25) is 0 Å². The second-order valence-corrected chi connectivity index (χ2v) is 9.14. The number of hydrogen-bond acceptors (Lipinski definition) is 1. The molecule has 0 saturated heterocycles. The van der Waals surface area contributed by atoms with Gasteiger partial charge in [-0.25, -0.2) is 0 Å². The third kappa shape index (κ3) is 1.28. The van der Waals surface area contributed by atoms with Gasteiger partial charge in [0, 0.05) is 4.75 Å². The summed E-state index contributed by atoms with van der Waals surface area (Å²) in [6.07, 6.45) is 9.84. The van der Waals surface area contributed by atoms with E-state index in [1.165, 1.54) is 32.1 Å². The Morgan fingerprint density at radius 1 is 1.06 bits per heavy atom. The van der Waals surface area contributed by atoms with Gasteiger partial charge in [-0.15, -0.1) is 0 Å². The first-order valence-electron chi connectivity index (χ1n) is 7.42. The third-order valence-electron chi connectivity index (χ3n) is 7.25. The monoisotopic (exact) mass is 252 g/mol. The fourth-order valence-corrected chi connectivity index (χ4v) is 7.19. The summed E-state index contributed by atoms with van der Waals surface area (Å²) >= 11 is 2.17. The molecule has 0 aromatic carbocycles. The van der Waals surface area contributed by atoms with Gasteiger partial charge in [0.25, 0.3) is 0 Å². The average molecular weight is 252 g/mol. The van der Waals surface area contributed by atoms with E-state index in [1.807, 2.05) is 0 Å². The Labute approximate surface area is 111 Å². The largest absolute Gasteiger partial charge is 0.158 e. The summed E-state index contributed by atoms with van der Waals surface area (Å²) in [6.45, 7) is 10.2. The van der Waals surface area contributed by atoms with Crippen LogP contribution in [0.1, 0.15) is 59.8 Å². The Morgan fingerprint density at radius 2 is 1.76 bits per heavy atom. The normalized spacial score (nSPS) is 55.9. The van der Waals surface area contributed by atoms with Crippen LogP contribution in [-0.2, 0) is 0 Å². The molecule has 3 aliphatic carbocycles. The van der Waals surface area contributed by atoms with Crippen LogP contribution < -0.4 is 0 Å². The number of thioether (sulfide) groups is 1. The molecule has 5 atom stereocenters. The van der Waals surface area contributed by atoms with Crippen molar-refractivity contribution in [3.8, 4) is 0 Å². The summed E-state index contributed by atoms with van der Waals surface area (Å²) in [4.78, 5) is 0. The quantitative estimate of drug-likeness (QED) is 0.634. The van der Waals surface area contributed by atoms with Crippen molar-refractivity contribution in [3.63, 3.8) is 0 Å². The highest BCUT2D eigenvalue weighted by molar-refractivity contribution is 8.00. The topological polar surface area (TPSA) is 0 Å². The minimum Gasteiger partial charge on any atom is -0.158 e. The highest BCUT2D eigenvalue weighted by Gasteiger charge is 2.69. The Balaban J connectivity index is 2.07. The van der Waals surface area contributed by atoms with Crippen molar-refractivity contribution in [1.29, 1.82) is 0 Å². The summed E-state index contributed by atoms with van der Waals surface area (Å²) in [5.74, 6) is 2.96. The van der Waals surface area contributed by atoms with E-state index >= 15 is 0 Å². The Hall–Kier alpha value is 0.350. The molecule has 3 rings (SSSR count). The molecule has 3 aliphatic rings. The highest BCUT2D eigenvalue weighted by atomic mass is 32.2. The lowest BCUT2D eigenvalue weighted by atomic mass is 9.65. The van der Waals surface area contributed by atoms with Crippen LogP contribution in [0, 0.1) is 28.6 Å². The maximum absolute atomic E-state index is 2.58. The zero-order valence-corrected chi connectivity index (χ0v) is 13.0. The zero-order chi connectivity index (χ0) is 12.5. The first-order chi connectivity index (χ1) is 7.87. The molecule has 1 spiro atoms. The molecule has 3 fully saturated rings. The SMILES string of the molecule is CS[C@]1(C)CC[C@H]2C(C)(C)[C@@H]3C[C@@]21CC[C@H]3C. The molecule has 0 amide bonds. The molecule has 0 radical (unpaired) electrons. The van der Waals surface area contributed by atoms with E-state index in [1.54, 1.807) is 0 Å². The predicted molar refractivity (Wildman–Crippen MR) is 77.4 cm³/mol. The minimum absolute atomic E-state index is 0.573. The molecule has 0 heterocycles. The van der Waals surface area contributed by atoms with E-state index in [4.69, 9.17) is 0 Å². The fraction of sp³-hybridized carbons (Fsp3) is 1.00. The summed E-state index contributed by atoms with van der Waals surface area (Å²) in [7, 11) is 0. The highest BCUT2D eigenvalue weighted by Crippen LogP contribution is 2.75. The maximum Gasteiger partial charge on any atom is 0.0188 e. The smallest absolute Gasteiger partial charge is 0.0188 e. The van der Waals surface area contributed by atoms with Crippen LogP contribution >= 0.6 is 11.8 Å². The fourth-order valence-electron chi connectivity index (χ4n) is 6.14. The van der Waals surface area contributed by atoms with E-state index < -0.39 is 0 Å². The first-order valence-corrected chi connectivity index (χ1v) is 8.65. The second-order valence-electron chi connectivity index (χ2n) is 7.83. The molecule has 17 heavy (non-hydrogen) atoms. The van der Waals surface area contributed by atoms with Crippen molar-refractivity contribution in [2.24, 2.45) is 28.6 Å². The molecule has 0 unspecified atom stereocenters. The van der Waals surface area contributed by atoms with Gasteiger partial charge in [-0.05, 0) is 73.9 Å². The zero-order valence-electron chi connectivity index (χ0n) is 12.2. The van der Waals surface area contributed by atoms with Crippen LogP contribution in [-0.4, -0.2) is 11.0 Å². The van der Waals surface area contributed by atoms with Gasteiger partial charge in [-0.3, -0.25) is 0 Å². The van der Waals surface area contributed by atoms with Gasteiger partial charge in [0.1, 0.15) is 0 Å². The molecule has 0 aliphatic heterocycles. The van der Waals surface area contributed by atoms with Crippen LogP contribution in [0.5, 0.6) is 0 Å². The molecule has 0 aromatic heterocycles.